The highest BCUT2D eigenvalue weighted by molar-refractivity contribution is 5.51. The normalized spacial score (nSPS) is 31.9. The number of hydrogen-bond donors (Lipinski definition) is 2. The van der Waals surface area contributed by atoms with Crippen LogP contribution in [0.2, 0.25) is 0 Å². The van der Waals surface area contributed by atoms with Crippen molar-refractivity contribution in [2.75, 3.05) is 23.7 Å². The lowest BCUT2D eigenvalue weighted by atomic mass is 10.00. The number of nitrogen functional groups attached to an aromatic ring is 1. The summed E-state index contributed by atoms with van der Waals surface area (Å²) in [6.45, 7) is 3.89. The number of anilines is 2. The predicted molar refractivity (Wildman–Crippen MR) is 67.8 cm³/mol. The minimum Gasteiger partial charge on any atom is -0.397 e. The summed E-state index contributed by atoms with van der Waals surface area (Å²) in [5, 5.41) is 9.90. The SMILES string of the molecule is Cc1nc(N2CC3CCC(O)C3C2)ccc1N. The molecule has 2 fully saturated rings. The van der Waals surface area contributed by atoms with Crippen molar-refractivity contribution in [2.45, 2.75) is 25.9 Å². The summed E-state index contributed by atoms with van der Waals surface area (Å²) in [5.74, 6) is 2.08. The maximum absolute atomic E-state index is 9.90. The Balaban J connectivity index is 1.80. The van der Waals surface area contributed by atoms with Crippen molar-refractivity contribution in [3.63, 3.8) is 0 Å². The van der Waals surface area contributed by atoms with Crippen molar-refractivity contribution in [2.24, 2.45) is 11.8 Å². The number of aliphatic hydroxyl groups excluding tert-OH is 1. The molecular weight excluding hydrogens is 214 g/mol. The van der Waals surface area contributed by atoms with Gasteiger partial charge in [0.2, 0.25) is 0 Å². The molecule has 0 aromatic carbocycles. The molecule has 4 nitrogen and oxygen atoms in total. The molecule has 0 bridgehead atoms. The fraction of sp³-hybridized carbons (Fsp3) is 0.615. The Morgan fingerprint density at radius 3 is 2.88 bits per heavy atom. The third-order valence-corrected chi connectivity index (χ3v) is 4.26. The number of aromatic nitrogens is 1. The van der Waals surface area contributed by atoms with Gasteiger partial charge in [-0.05, 0) is 37.8 Å². The standard InChI is InChI=1S/C13H19N3O/c1-8-11(14)3-5-13(15-8)16-6-9-2-4-12(17)10(9)7-16/h3,5,9-10,12,17H,2,4,6-7,14H2,1H3. The van der Waals surface area contributed by atoms with Crippen LogP contribution in [0.4, 0.5) is 11.5 Å². The summed E-state index contributed by atoms with van der Waals surface area (Å²) in [6.07, 6.45) is 2.01. The van der Waals surface area contributed by atoms with E-state index >= 15 is 0 Å². The molecule has 3 unspecified atom stereocenters. The molecule has 1 aliphatic heterocycles. The highest BCUT2D eigenvalue weighted by atomic mass is 16.3. The molecule has 17 heavy (non-hydrogen) atoms. The van der Waals surface area contributed by atoms with Gasteiger partial charge in [-0.1, -0.05) is 0 Å². The summed E-state index contributed by atoms with van der Waals surface area (Å²) < 4.78 is 0. The molecular formula is C13H19N3O. The van der Waals surface area contributed by atoms with E-state index in [0.29, 0.717) is 11.8 Å². The van der Waals surface area contributed by atoms with E-state index in [2.05, 4.69) is 9.88 Å². The summed E-state index contributed by atoms with van der Waals surface area (Å²) in [4.78, 5) is 6.81. The van der Waals surface area contributed by atoms with E-state index in [1.165, 1.54) is 0 Å². The lowest BCUT2D eigenvalue weighted by molar-refractivity contribution is 0.133. The van der Waals surface area contributed by atoms with E-state index < -0.39 is 0 Å². The molecule has 1 aromatic heterocycles. The monoisotopic (exact) mass is 233 g/mol. The summed E-state index contributed by atoms with van der Waals surface area (Å²) in [7, 11) is 0. The number of hydrogen-bond acceptors (Lipinski definition) is 4. The van der Waals surface area contributed by atoms with Gasteiger partial charge in [-0.2, -0.15) is 0 Å². The van der Waals surface area contributed by atoms with Gasteiger partial charge in [-0.15, -0.1) is 0 Å². The molecule has 4 heteroatoms. The van der Waals surface area contributed by atoms with Crippen LogP contribution in [-0.4, -0.2) is 29.3 Å². The van der Waals surface area contributed by atoms with Crippen LogP contribution in [0.1, 0.15) is 18.5 Å². The van der Waals surface area contributed by atoms with Crippen LogP contribution in [0.5, 0.6) is 0 Å². The smallest absolute Gasteiger partial charge is 0.128 e. The first-order valence-corrected chi connectivity index (χ1v) is 6.31. The van der Waals surface area contributed by atoms with Gasteiger partial charge >= 0.3 is 0 Å². The third kappa shape index (κ3) is 1.76. The molecule has 1 aromatic rings. The number of rotatable bonds is 1. The second-order valence-electron chi connectivity index (χ2n) is 5.32. The zero-order chi connectivity index (χ0) is 12.0. The molecule has 3 rings (SSSR count). The summed E-state index contributed by atoms with van der Waals surface area (Å²) in [6, 6.07) is 3.90. The van der Waals surface area contributed by atoms with Gasteiger partial charge in [-0.25, -0.2) is 4.98 Å². The first-order valence-electron chi connectivity index (χ1n) is 6.31. The van der Waals surface area contributed by atoms with Crippen LogP contribution < -0.4 is 10.6 Å². The van der Waals surface area contributed by atoms with Gasteiger partial charge in [0.25, 0.3) is 0 Å². The Morgan fingerprint density at radius 1 is 1.35 bits per heavy atom. The van der Waals surface area contributed by atoms with Crippen LogP contribution in [0.15, 0.2) is 12.1 Å². The van der Waals surface area contributed by atoms with Crippen LogP contribution in [0.3, 0.4) is 0 Å². The first kappa shape index (κ1) is 10.8. The summed E-state index contributed by atoms with van der Waals surface area (Å²) in [5.41, 5.74) is 7.41. The average molecular weight is 233 g/mol. The van der Waals surface area contributed by atoms with Crippen molar-refractivity contribution >= 4 is 11.5 Å². The second-order valence-corrected chi connectivity index (χ2v) is 5.32. The lowest BCUT2D eigenvalue weighted by Gasteiger charge is -2.20. The topological polar surface area (TPSA) is 62.4 Å². The van der Waals surface area contributed by atoms with Gasteiger partial charge in [0.15, 0.2) is 0 Å². The van der Waals surface area contributed by atoms with E-state index in [1.54, 1.807) is 0 Å². The van der Waals surface area contributed by atoms with E-state index in [1.807, 2.05) is 19.1 Å². The number of nitrogens with zero attached hydrogens (tertiary/aromatic N) is 2. The maximum Gasteiger partial charge on any atom is 0.128 e. The fourth-order valence-corrected chi connectivity index (χ4v) is 3.16. The number of aryl methyl sites for hydroxylation is 1. The summed E-state index contributed by atoms with van der Waals surface area (Å²) >= 11 is 0. The van der Waals surface area contributed by atoms with E-state index in [4.69, 9.17) is 5.73 Å². The molecule has 1 saturated heterocycles. The van der Waals surface area contributed by atoms with Crippen LogP contribution in [-0.2, 0) is 0 Å². The molecule has 1 saturated carbocycles. The number of aliphatic hydroxyl groups is 1. The molecule has 92 valence electrons. The predicted octanol–water partition coefficient (Wildman–Crippen LogP) is 1.18. The molecule has 3 atom stereocenters. The van der Waals surface area contributed by atoms with Crippen molar-refractivity contribution in [3.8, 4) is 0 Å². The Hall–Kier alpha value is -1.29. The first-order chi connectivity index (χ1) is 8.15. The lowest BCUT2D eigenvalue weighted by Crippen LogP contribution is -2.25. The van der Waals surface area contributed by atoms with Crippen molar-refractivity contribution in [3.05, 3.63) is 17.8 Å². The molecule has 2 aliphatic rings. The molecule has 1 aliphatic carbocycles. The minimum absolute atomic E-state index is 0.111. The zero-order valence-electron chi connectivity index (χ0n) is 10.1. The Morgan fingerprint density at radius 2 is 2.18 bits per heavy atom. The van der Waals surface area contributed by atoms with Crippen molar-refractivity contribution < 1.29 is 5.11 Å². The molecule has 0 amide bonds. The van der Waals surface area contributed by atoms with Crippen molar-refractivity contribution in [1.82, 2.24) is 4.98 Å². The van der Waals surface area contributed by atoms with Crippen LogP contribution in [0.25, 0.3) is 0 Å². The number of pyridine rings is 1. The second kappa shape index (κ2) is 3.88. The third-order valence-electron chi connectivity index (χ3n) is 4.26. The number of fused-ring (bicyclic) bond motifs is 1. The van der Waals surface area contributed by atoms with E-state index in [9.17, 15) is 5.11 Å². The van der Waals surface area contributed by atoms with Gasteiger partial charge in [0.05, 0.1) is 17.5 Å². The van der Waals surface area contributed by atoms with Crippen LogP contribution >= 0.6 is 0 Å². The van der Waals surface area contributed by atoms with Gasteiger partial charge < -0.3 is 15.7 Å². The Bertz CT molecular complexity index is 435. The Kier molecular flexibility index (Phi) is 2.47. The molecule has 2 heterocycles. The van der Waals surface area contributed by atoms with E-state index in [0.717, 1.165) is 43.1 Å². The number of nitrogens with two attached hydrogens (primary N) is 1. The zero-order valence-corrected chi connectivity index (χ0v) is 10.1. The minimum atomic E-state index is -0.111. The fourth-order valence-electron chi connectivity index (χ4n) is 3.16. The molecule has 3 N–H and O–H groups in total. The quantitative estimate of drug-likeness (QED) is 0.764. The highest BCUT2D eigenvalue weighted by Gasteiger charge is 2.42. The van der Waals surface area contributed by atoms with Gasteiger partial charge in [0.1, 0.15) is 5.82 Å². The maximum atomic E-state index is 9.90. The average Bonchev–Trinajstić information content (AvgIpc) is 2.86. The molecule has 0 spiro atoms. The highest BCUT2D eigenvalue weighted by Crippen LogP contribution is 2.39. The largest absolute Gasteiger partial charge is 0.397 e. The van der Waals surface area contributed by atoms with Gasteiger partial charge in [0, 0.05) is 19.0 Å². The van der Waals surface area contributed by atoms with Gasteiger partial charge in [-0.3, -0.25) is 0 Å². The Labute approximate surface area is 101 Å². The van der Waals surface area contributed by atoms with Crippen molar-refractivity contribution in [1.29, 1.82) is 0 Å². The van der Waals surface area contributed by atoms with Crippen LogP contribution in [0, 0.1) is 18.8 Å². The van der Waals surface area contributed by atoms with E-state index in [-0.39, 0.29) is 6.10 Å². The molecule has 0 radical (unpaired) electrons.